The molecule has 0 unspecified atom stereocenters. The first-order valence-corrected chi connectivity index (χ1v) is 6.45. The van der Waals surface area contributed by atoms with Crippen molar-refractivity contribution in [2.24, 2.45) is 0 Å². The van der Waals surface area contributed by atoms with Gasteiger partial charge in [-0.15, -0.1) is 0 Å². The largest absolute Gasteiger partial charge is 0.492 e. The van der Waals surface area contributed by atoms with Gasteiger partial charge in [-0.2, -0.15) is 0 Å². The summed E-state index contributed by atoms with van der Waals surface area (Å²) in [6, 6.07) is 5.07. The summed E-state index contributed by atoms with van der Waals surface area (Å²) in [5, 5.41) is 3.55. The highest BCUT2D eigenvalue weighted by Crippen LogP contribution is 2.21. The van der Waals surface area contributed by atoms with Gasteiger partial charge in [0, 0.05) is 18.7 Å². The van der Waals surface area contributed by atoms with Crippen molar-refractivity contribution in [1.29, 1.82) is 0 Å². The number of nitrogens with one attached hydrogen (secondary N) is 1. The molecular formula is C13H17ClFNO. The van der Waals surface area contributed by atoms with Crippen molar-refractivity contribution in [3.63, 3.8) is 0 Å². The van der Waals surface area contributed by atoms with Gasteiger partial charge in [0.15, 0.2) is 0 Å². The van der Waals surface area contributed by atoms with Crippen LogP contribution in [0.2, 0.25) is 5.02 Å². The Labute approximate surface area is 106 Å². The molecule has 1 aromatic rings. The molecule has 2 nitrogen and oxygen atoms in total. The smallest absolute Gasteiger partial charge is 0.142 e. The van der Waals surface area contributed by atoms with Crippen molar-refractivity contribution < 1.29 is 9.13 Å². The molecule has 0 aliphatic heterocycles. The number of rotatable bonds is 5. The molecule has 2 rings (SSSR count). The quantitative estimate of drug-likeness (QED) is 0.817. The van der Waals surface area contributed by atoms with E-state index in [9.17, 15) is 4.39 Å². The fraction of sp³-hybridized carbons (Fsp3) is 0.538. The molecule has 0 aromatic heterocycles. The molecule has 0 radical (unpaired) electrons. The molecule has 1 saturated carbocycles. The zero-order valence-electron chi connectivity index (χ0n) is 9.72. The Balaban J connectivity index is 1.68. The van der Waals surface area contributed by atoms with Crippen molar-refractivity contribution in [3.8, 4) is 5.75 Å². The predicted molar refractivity (Wildman–Crippen MR) is 67.2 cm³/mol. The van der Waals surface area contributed by atoms with E-state index in [1.807, 2.05) is 0 Å². The van der Waals surface area contributed by atoms with Crippen molar-refractivity contribution in [3.05, 3.63) is 29.0 Å². The summed E-state index contributed by atoms with van der Waals surface area (Å²) < 4.78 is 18.4. The molecule has 4 heteroatoms. The van der Waals surface area contributed by atoms with Gasteiger partial charge < -0.3 is 10.1 Å². The van der Waals surface area contributed by atoms with Crippen LogP contribution in [-0.2, 0) is 0 Å². The molecule has 17 heavy (non-hydrogen) atoms. The van der Waals surface area contributed by atoms with Gasteiger partial charge in [0.1, 0.15) is 18.2 Å². The van der Waals surface area contributed by atoms with E-state index in [0.717, 1.165) is 6.54 Å². The number of halogens is 2. The SMILES string of the molecule is Fc1ccc(OCCNC2CCCC2)cc1Cl. The van der Waals surface area contributed by atoms with Crippen LogP contribution in [0.5, 0.6) is 5.75 Å². The molecule has 1 fully saturated rings. The third-order valence-electron chi connectivity index (χ3n) is 3.05. The van der Waals surface area contributed by atoms with E-state index in [0.29, 0.717) is 18.4 Å². The van der Waals surface area contributed by atoms with Gasteiger partial charge in [0.25, 0.3) is 0 Å². The van der Waals surface area contributed by atoms with Crippen LogP contribution in [0.4, 0.5) is 4.39 Å². The molecule has 1 N–H and O–H groups in total. The van der Waals surface area contributed by atoms with Gasteiger partial charge >= 0.3 is 0 Å². The molecule has 0 bridgehead atoms. The Hall–Kier alpha value is -0.800. The Morgan fingerprint density at radius 3 is 2.82 bits per heavy atom. The van der Waals surface area contributed by atoms with E-state index >= 15 is 0 Å². The fourth-order valence-corrected chi connectivity index (χ4v) is 2.30. The molecule has 0 atom stereocenters. The molecular weight excluding hydrogens is 241 g/mol. The predicted octanol–water partition coefficient (Wildman–Crippen LogP) is 3.39. The van der Waals surface area contributed by atoms with Gasteiger partial charge in [0.05, 0.1) is 5.02 Å². The summed E-state index contributed by atoms with van der Waals surface area (Å²) in [6.45, 7) is 1.40. The first kappa shape index (κ1) is 12.7. The minimum absolute atomic E-state index is 0.103. The first-order chi connectivity index (χ1) is 8.25. The normalized spacial score (nSPS) is 16.4. The second-order valence-corrected chi connectivity index (χ2v) is 4.77. The molecule has 1 aliphatic carbocycles. The standard InChI is InChI=1S/C13H17ClFNO/c14-12-9-11(5-6-13(12)15)17-8-7-16-10-3-1-2-4-10/h5-6,9-10,16H,1-4,7-8H2. The van der Waals surface area contributed by atoms with Gasteiger partial charge in [-0.3, -0.25) is 0 Å². The molecule has 0 amide bonds. The second kappa shape index (κ2) is 6.22. The van der Waals surface area contributed by atoms with E-state index < -0.39 is 5.82 Å². The Kier molecular flexibility index (Phi) is 4.63. The molecule has 1 aliphatic rings. The van der Waals surface area contributed by atoms with Crippen LogP contribution in [0.3, 0.4) is 0 Å². The lowest BCUT2D eigenvalue weighted by Gasteiger charge is -2.12. The number of hydrogen-bond acceptors (Lipinski definition) is 2. The van der Waals surface area contributed by atoms with E-state index in [4.69, 9.17) is 16.3 Å². The minimum atomic E-state index is -0.414. The van der Waals surface area contributed by atoms with E-state index in [-0.39, 0.29) is 5.02 Å². The summed E-state index contributed by atoms with van der Waals surface area (Å²) in [4.78, 5) is 0. The fourth-order valence-electron chi connectivity index (χ4n) is 2.13. The minimum Gasteiger partial charge on any atom is -0.492 e. The summed E-state index contributed by atoms with van der Waals surface area (Å²) in [6.07, 6.45) is 5.18. The maximum absolute atomic E-state index is 12.9. The number of ether oxygens (including phenoxy) is 1. The highest BCUT2D eigenvalue weighted by molar-refractivity contribution is 6.30. The third kappa shape index (κ3) is 3.86. The maximum Gasteiger partial charge on any atom is 0.142 e. The van der Waals surface area contributed by atoms with Gasteiger partial charge in [-0.05, 0) is 25.0 Å². The molecule has 0 heterocycles. The van der Waals surface area contributed by atoms with Crippen LogP contribution >= 0.6 is 11.6 Å². The lowest BCUT2D eigenvalue weighted by atomic mass is 10.2. The van der Waals surface area contributed by atoms with Crippen LogP contribution in [0, 0.1) is 5.82 Å². The third-order valence-corrected chi connectivity index (χ3v) is 3.34. The topological polar surface area (TPSA) is 21.3 Å². The van der Waals surface area contributed by atoms with Crippen LogP contribution in [-0.4, -0.2) is 19.2 Å². The summed E-state index contributed by atoms with van der Waals surface area (Å²) in [7, 11) is 0. The zero-order valence-corrected chi connectivity index (χ0v) is 10.5. The number of benzene rings is 1. The Morgan fingerprint density at radius 1 is 1.35 bits per heavy atom. The van der Waals surface area contributed by atoms with Crippen LogP contribution in [0.1, 0.15) is 25.7 Å². The van der Waals surface area contributed by atoms with Crippen molar-refractivity contribution in [2.75, 3.05) is 13.2 Å². The summed E-state index contributed by atoms with van der Waals surface area (Å²) in [5.41, 5.74) is 0. The van der Waals surface area contributed by atoms with Gasteiger partial charge in [0.2, 0.25) is 0 Å². The van der Waals surface area contributed by atoms with Crippen LogP contribution < -0.4 is 10.1 Å². The van der Waals surface area contributed by atoms with Gasteiger partial charge in [-0.1, -0.05) is 24.4 Å². The second-order valence-electron chi connectivity index (χ2n) is 4.36. The van der Waals surface area contributed by atoms with Crippen molar-refractivity contribution in [2.45, 2.75) is 31.7 Å². The number of hydrogen-bond donors (Lipinski definition) is 1. The Morgan fingerprint density at radius 2 is 2.12 bits per heavy atom. The Bertz CT molecular complexity index is 366. The average molecular weight is 258 g/mol. The van der Waals surface area contributed by atoms with Gasteiger partial charge in [-0.25, -0.2) is 4.39 Å². The van der Waals surface area contributed by atoms with Crippen molar-refractivity contribution in [1.82, 2.24) is 5.32 Å². The highest BCUT2D eigenvalue weighted by atomic mass is 35.5. The summed E-state index contributed by atoms with van der Waals surface area (Å²) >= 11 is 5.66. The van der Waals surface area contributed by atoms with Crippen LogP contribution in [0.25, 0.3) is 0 Å². The van der Waals surface area contributed by atoms with Crippen LogP contribution in [0.15, 0.2) is 18.2 Å². The highest BCUT2D eigenvalue weighted by Gasteiger charge is 2.13. The molecule has 0 spiro atoms. The maximum atomic E-state index is 12.9. The zero-order chi connectivity index (χ0) is 12.1. The molecule has 94 valence electrons. The van der Waals surface area contributed by atoms with Crippen molar-refractivity contribution >= 4 is 11.6 Å². The summed E-state index contributed by atoms with van der Waals surface area (Å²) in [5.74, 6) is 0.202. The van der Waals surface area contributed by atoms with E-state index in [1.54, 1.807) is 6.07 Å². The van der Waals surface area contributed by atoms with E-state index in [2.05, 4.69) is 5.32 Å². The average Bonchev–Trinajstić information content (AvgIpc) is 2.82. The lowest BCUT2D eigenvalue weighted by Crippen LogP contribution is -2.30. The first-order valence-electron chi connectivity index (χ1n) is 6.07. The molecule has 1 aromatic carbocycles. The molecule has 0 saturated heterocycles. The van der Waals surface area contributed by atoms with E-state index in [1.165, 1.54) is 37.8 Å². The monoisotopic (exact) mass is 257 g/mol. The lowest BCUT2D eigenvalue weighted by molar-refractivity contribution is 0.305.